The van der Waals surface area contributed by atoms with Gasteiger partial charge in [-0.05, 0) is 48.6 Å². The van der Waals surface area contributed by atoms with Gasteiger partial charge in [0.2, 0.25) is 0 Å². The van der Waals surface area contributed by atoms with Crippen LogP contribution in [0.15, 0.2) is 78.9 Å². The number of halogens is 1. The number of aliphatic carboxylic acids is 1. The SMILES string of the molecule is C[C@@H](OC(=O)Nc1cc(Cl)sc1-c1ccc(-c2ccc(C3(C(=O)O)CC3)cc2)c([N+](=O)[O-])c1)c1ccccc1. The fourth-order valence-electron chi connectivity index (χ4n) is 4.55. The van der Waals surface area contributed by atoms with Gasteiger partial charge in [-0.25, -0.2) is 4.79 Å². The molecule has 1 saturated carbocycles. The molecule has 0 spiro atoms. The van der Waals surface area contributed by atoms with Crippen molar-refractivity contribution in [3.63, 3.8) is 0 Å². The van der Waals surface area contributed by atoms with Gasteiger partial charge < -0.3 is 9.84 Å². The number of anilines is 1. The van der Waals surface area contributed by atoms with Crippen LogP contribution >= 0.6 is 22.9 Å². The predicted octanol–water partition coefficient (Wildman–Crippen LogP) is 8.07. The first-order valence-corrected chi connectivity index (χ1v) is 13.3. The van der Waals surface area contributed by atoms with E-state index in [2.05, 4.69) is 5.32 Å². The second-order valence-electron chi connectivity index (χ2n) is 9.33. The first-order valence-electron chi connectivity index (χ1n) is 12.1. The highest BCUT2D eigenvalue weighted by molar-refractivity contribution is 7.20. The van der Waals surface area contributed by atoms with Crippen molar-refractivity contribution in [2.45, 2.75) is 31.3 Å². The smallest absolute Gasteiger partial charge is 0.412 e. The number of carbonyl (C=O) groups is 2. The molecular weight excluding hydrogens is 540 g/mol. The number of nitrogens with zero attached hydrogens (tertiary/aromatic N) is 1. The minimum atomic E-state index is -0.858. The number of nitro benzene ring substituents is 1. The van der Waals surface area contributed by atoms with Crippen molar-refractivity contribution in [3.05, 3.63) is 104 Å². The van der Waals surface area contributed by atoms with E-state index in [4.69, 9.17) is 16.3 Å². The Morgan fingerprint density at radius 1 is 1.05 bits per heavy atom. The standard InChI is InChI=1S/C29H23ClN2O6S/c1-17(18-5-3-2-4-6-18)38-28(35)31-23-16-25(30)39-26(23)20-9-12-22(24(15-20)32(36)37)19-7-10-21(11-8-19)29(13-14-29)27(33)34/h2-12,15-17H,13-14H2,1H3,(H,31,35)(H,33,34)/t17-/m1/s1. The molecule has 8 nitrogen and oxygen atoms in total. The number of nitro groups is 1. The third kappa shape index (κ3) is 5.36. The second-order valence-corrected chi connectivity index (χ2v) is 11.0. The monoisotopic (exact) mass is 562 g/mol. The minimum Gasteiger partial charge on any atom is -0.481 e. The third-order valence-corrected chi connectivity index (χ3v) is 8.17. The molecule has 1 fully saturated rings. The summed E-state index contributed by atoms with van der Waals surface area (Å²) in [6.07, 6.45) is -0.00637. The summed E-state index contributed by atoms with van der Waals surface area (Å²) in [5, 5.41) is 24.3. The highest BCUT2D eigenvalue weighted by atomic mass is 35.5. The fourth-order valence-corrected chi connectivity index (χ4v) is 5.73. The Bertz CT molecular complexity index is 1560. The maximum atomic E-state index is 12.6. The van der Waals surface area contributed by atoms with Gasteiger partial charge in [-0.2, -0.15) is 0 Å². The number of ether oxygens (including phenoxy) is 1. The van der Waals surface area contributed by atoms with E-state index < -0.39 is 28.5 Å². The normalized spacial score (nSPS) is 14.3. The molecule has 1 aliphatic rings. The highest BCUT2D eigenvalue weighted by Gasteiger charge is 2.51. The van der Waals surface area contributed by atoms with Crippen molar-refractivity contribution in [2.24, 2.45) is 0 Å². The lowest BCUT2D eigenvalue weighted by atomic mass is 9.93. The van der Waals surface area contributed by atoms with Gasteiger partial charge in [0.05, 0.1) is 30.8 Å². The van der Waals surface area contributed by atoms with Crippen LogP contribution in [0.2, 0.25) is 4.34 Å². The van der Waals surface area contributed by atoms with Gasteiger partial charge in [0.25, 0.3) is 5.69 Å². The summed E-state index contributed by atoms with van der Waals surface area (Å²) in [4.78, 5) is 36.4. The number of nitrogens with one attached hydrogen (secondary N) is 1. The van der Waals surface area contributed by atoms with Gasteiger partial charge in [-0.3, -0.25) is 20.2 Å². The third-order valence-electron chi connectivity index (χ3n) is 6.86. The zero-order chi connectivity index (χ0) is 27.7. The molecular formula is C29H23ClN2O6S. The lowest BCUT2D eigenvalue weighted by Crippen LogP contribution is -2.19. The van der Waals surface area contributed by atoms with Crippen LogP contribution in [0.5, 0.6) is 0 Å². The topological polar surface area (TPSA) is 119 Å². The number of carboxylic acids is 1. The first-order chi connectivity index (χ1) is 18.7. The Balaban J connectivity index is 1.40. The predicted molar refractivity (Wildman–Crippen MR) is 150 cm³/mol. The summed E-state index contributed by atoms with van der Waals surface area (Å²) < 4.78 is 5.89. The number of amides is 1. The van der Waals surface area contributed by atoms with Crippen molar-refractivity contribution in [1.82, 2.24) is 0 Å². The molecule has 5 rings (SSSR count). The van der Waals surface area contributed by atoms with Crippen LogP contribution in [0.3, 0.4) is 0 Å². The van der Waals surface area contributed by atoms with Crippen LogP contribution in [0, 0.1) is 10.1 Å². The lowest BCUT2D eigenvalue weighted by molar-refractivity contribution is -0.384. The molecule has 0 radical (unpaired) electrons. The van der Waals surface area contributed by atoms with Gasteiger partial charge in [0.1, 0.15) is 6.10 Å². The van der Waals surface area contributed by atoms with E-state index in [9.17, 15) is 24.8 Å². The summed E-state index contributed by atoms with van der Waals surface area (Å²) in [6, 6.07) is 22.5. The molecule has 1 heterocycles. The van der Waals surface area contributed by atoms with E-state index in [1.165, 1.54) is 17.4 Å². The zero-order valence-electron chi connectivity index (χ0n) is 20.7. The van der Waals surface area contributed by atoms with Crippen molar-refractivity contribution in [2.75, 3.05) is 5.32 Å². The van der Waals surface area contributed by atoms with Crippen molar-refractivity contribution in [3.8, 4) is 21.6 Å². The zero-order valence-corrected chi connectivity index (χ0v) is 22.3. The van der Waals surface area contributed by atoms with Gasteiger partial charge in [0, 0.05) is 11.6 Å². The Labute approximate surface area is 233 Å². The lowest BCUT2D eigenvalue weighted by Gasteiger charge is -2.14. The Morgan fingerprint density at radius 2 is 1.72 bits per heavy atom. The largest absolute Gasteiger partial charge is 0.481 e. The molecule has 0 saturated heterocycles. The van der Waals surface area contributed by atoms with Gasteiger partial charge >= 0.3 is 12.1 Å². The van der Waals surface area contributed by atoms with Crippen molar-refractivity contribution >= 4 is 46.4 Å². The van der Waals surface area contributed by atoms with Crippen molar-refractivity contribution in [1.29, 1.82) is 0 Å². The van der Waals surface area contributed by atoms with Crippen LogP contribution < -0.4 is 5.32 Å². The number of hydrogen-bond acceptors (Lipinski definition) is 6. The van der Waals surface area contributed by atoms with Crippen LogP contribution in [0.1, 0.15) is 37.0 Å². The molecule has 4 aromatic rings. The summed E-state index contributed by atoms with van der Waals surface area (Å²) in [7, 11) is 0. The number of hydrogen-bond donors (Lipinski definition) is 2. The molecule has 3 aromatic carbocycles. The average Bonchev–Trinajstić information content (AvgIpc) is 3.67. The maximum absolute atomic E-state index is 12.6. The molecule has 0 aliphatic heterocycles. The van der Waals surface area contributed by atoms with E-state index >= 15 is 0 Å². The van der Waals surface area contributed by atoms with Crippen LogP contribution in [0.4, 0.5) is 16.2 Å². The van der Waals surface area contributed by atoms with Gasteiger partial charge in [-0.15, -0.1) is 11.3 Å². The Hall–Kier alpha value is -4.21. The molecule has 10 heteroatoms. The molecule has 0 bridgehead atoms. The van der Waals surface area contributed by atoms with Crippen LogP contribution in [0.25, 0.3) is 21.6 Å². The first kappa shape index (κ1) is 26.4. The van der Waals surface area contributed by atoms with Gasteiger partial charge in [-0.1, -0.05) is 72.3 Å². The minimum absolute atomic E-state index is 0.129. The second kappa shape index (κ2) is 10.5. The van der Waals surface area contributed by atoms with E-state index in [1.807, 2.05) is 30.3 Å². The summed E-state index contributed by atoms with van der Waals surface area (Å²) in [6.45, 7) is 1.76. The number of benzene rings is 3. The fraction of sp³-hybridized carbons (Fsp3) is 0.172. The van der Waals surface area contributed by atoms with Crippen LogP contribution in [-0.4, -0.2) is 22.1 Å². The maximum Gasteiger partial charge on any atom is 0.412 e. The van der Waals surface area contributed by atoms with E-state index in [0.29, 0.717) is 50.0 Å². The summed E-state index contributed by atoms with van der Waals surface area (Å²) in [5.74, 6) is -0.858. The molecule has 39 heavy (non-hydrogen) atoms. The number of carboxylic acid groups (broad SMARTS) is 1. The summed E-state index contributed by atoms with van der Waals surface area (Å²) in [5.41, 5.74) is 2.42. The quantitative estimate of drug-likeness (QED) is 0.165. The molecule has 1 amide bonds. The number of carbonyl (C=O) groups excluding carboxylic acids is 1. The molecule has 1 atom stereocenters. The molecule has 2 N–H and O–H groups in total. The van der Waals surface area contributed by atoms with Crippen molar-refractivity contribution < 1.29 is 24.4 Å². The highest BCUT2D eigenvalue weighted by Crippen LogP contribution is 2.49. The van der Waals surface area contributed by atoms with E-state index in [1.54, 1.807) is 49.4 Å². The summed E-state index contributed by atoms with van der Waals surface area (Å²) >= 11 is 7.44. The molecule has 1 aliphatic carbocycles. The van der Waals surface area contributed by atoms with E-state index in [-0.39, 0.29) is 5.69 Å². The van der Waals surface area contributed by atoms with Gasteiger partial charge in [0.15, 0.2) is 0 Å². The molecule has 1 aromatic heterocycles. The molecule has 0 unspecified atom stereocenters. The number of thiophene rings is 1. The Kier molecular flexibility index (Phi) is 7.12. The average molecular weight is 563 g/mol. The molecule has 198 valence electrons. The van der Waals surface area contributed by atoms with E-state index in [0.717, 1.165) is 5.56 Å². The number of rotatable bonds is 8. The van der Waals surface area contributed by atoms with Crippen LogP contribution in [-0.2, 0) is 14.9 Å². The Morgan fingerprint density at radius 3 is 2.33 bits per heavy atom.